The molecule has 164 valence electrons. The molecule has 2 aromatic rings. The van der Waals surface area contributed by atoms with Gasteiger partial charge in [0.15, 0.2) is 11.6 Å². The monoisotopic (exact) mass is 431 g/mol. The van der Waals surface area contributed by atoms with Crippen molar-refractivity contribution < 1.29 is 23.4 Å². The number of nitrogens with zero attached hydrogens (tertiary/aromatic N) is 2. The van der Waals surface area contributed by atoms with Gasteiger partial charge in [-0.25, -0.2) is 13.6 Å². The fourth-order valence-electron chi connectivity index (χ4n) is 5.06. The molecule has 7 nitrogen and oxygen atoms in total. The Morgan fingerprint density at radius 3 is 2.74 bits per heavy atom. The molecule has 3 N–H and O–H groups in total. The van der Waals surface area contributed by atoms with Gasteiger partial charge in [0.2, 0.25) is 5.43 Å². The number of aromatic carboxylic acids is 1. The van der Waals surface area contributed by atoms with Crippen LogP contribution >= 0.6 is 0 Å². The molecule has 1 aliphatic heterocycles. The summed E-state index contributed by atoms with van der Waals surface area (Å²) in [5.41, 5.74) is 5.13. The van der Waals surface area contributed by atoms with Gasteiger partial charge in [-0.2, -0.15) is 0 Å². The van der Waals surface area contributed by atoms with E-state index < -0.39 is 40.5 Å². The number of fused-ring (bicyclic) bond motifs is 2. The van der Waals surface area contributed by atoms with E-state index in [2.05, 4.69) is 6.08 Å². The lowest BCUT2D eigenvalue weighted by Crippen LogP contribution is -2.48. The number of ether oxygens (including phenoxy) is 1. The molecule has 9 heteroatoms. The number of benzene rings is 1. The minimum Gasteiger partial charge on any atom is -0.492 e. The summed E-state index contributed by atoms with van der Waals surface area (Å²) in [7, 11) is 1.36. The number of alkyl halides is 1. The summed E-state index contributed by atoms with van der Waals surface area (Å²) < 4.78 is 36.4. The Bertz CT molecular complexity index is 1190. The molecule has 2 aliphatic carbocycles. The molecule has 2 fully saturated rings. The summed E-state index contributed by atoms with van der Waals surface area (Å²) in [6.45, 7) is 0.930. The molecule has 0 spiro atoms. The van der Waals surface area contributed by atoms with E-state index in [4.69, 9.17) is 10.5 Å². The van der Waals surface area contributed by atoms with E-state index in [1.165, 1.54) is 11.7 Å². The molecule has 2 heterocycles. The van der Waals surface area contributed by atoms with Gasteiger partial charge in [0.05, 0.1) is 24.1 Å². The van der Waals surface area contributed by atoms with Crippen LogP contribution in [0.1, 0.15) is 35.7 Å². The highest BCUT2D eigenvalue weighted by atomic mass is 19.1. The third-order valence-corrected chi connectivity index (χ3v) is 6.81. The van der Waals surface area contributed by atoms with Crippen LogP contribution < -0.4 is 20.8 Å². The van der Waals surface area contributed by atoms with Gasteiger partial charge in [-0.1, -0.05) is 12.2 Å². The molecule has 31 heavy (non-hydrogen) atoms. The van der Waals surface area contributed by atoms with E-state index in [0.717, 1.165) is 18.7 Å². The van der Waals surface area contributed by atoms with E-state index in [0.29, 0.717) is 19.5 Å². The van der Waals surface area contributed by atoms with Crippen molar-refractivity contribution in [3.05, 3.63) is 46.0 Å². The van der Waals surface area contributed by atoms with E-state index in [1.807, 2.05) is 11.0 Å². The number of carboxylic acid groups (broad SMARTS) is 1. The zero-order valence-corrected chi connectivity index (χ0v) is 17.0. The predicted molar refractivity (Wildman–Crippen MR) is 111 cm³/mol. The Labute approximate surface area is 176 Å². The summed E-state index contributed by atoms with van der Waals surface area (Å²) >= 11 is 0. The lowest BCUT2D eigenvalue weighted by molar-refractivity contribution is 0.0694. The van der Waals surface area contributed by atoms with E-state index >= 15 is 4.39 Å². The highest BCUT2D eigenvalue weighted by Crippen LogP contribution is 2.47. The molecule has 5 rings (SSSR count). The molecule has 0 bridgehead atoms. The van der Waals surface area contributed by atoms with Gasteiger partial charge in [0.25, 0.3) is 0 Å². The maximum Gasteiger partial charge on any atom is 0.341 e. The van der Waals surface area contributed by atoms with E-state index in [9.17, 15) is 19.1 Å². The number of carbonyl (C=O) groups is 1. The first kappa shape index (κ1) is 20.0. The highest BCUT2D eigenvalue weighted by Gasteiger charge is 2.46. The first-order valence-corrected chi connectivity index (χ1v) is 10.3. The molecule has 4 atom stereocenters. The largest absolute Gasteiger partial charge is 0.492 e. The second-order valence-electron chi connectivity index (χ2n) is 8.76. The van der Waals surface area contributed by atoms with Crippen molar-refractivity contribution in [1.29, 1.82) is 0 Å². The summed E-state index contributed by atoms with van der Waals surface area (Å²) in [4.78, 5) is 26.2. The first-order valence-electron chi connectivity index (χ1n) is 10.3. The van der Waals surface area contributed by atoms with Crippen molar-refractivity contribution in [2.24, 2.45) is 11.7 Å². The van der Waals surface area contributed by atoms with Crippen LogP contribution in [0.15, 0.2) is 29.2 Å². The topological polar surface area (TPSA) is 97.8 Å². The van der Waals surface area contributed by atoms with Crippen LogP contribution in [0, 0.1) is 11.7 Å². The number of methoxy groups -OCH3 is 1. The highest BCUT2D eigenvalue weighted by molar-refractivity contribution is 5.97. The van der Waals surface area contributed by atoms with Gasteiger partial charge < -0.3 is 25.0 Å². The average molecular weight is 431 g/mol. The van der Waals surface area contributed by atoms with Crippen molar-refractivity contribution in [1.82, 2.24) is 4.57 Å². The van der Waals surface area contributed by atoms with Crippen LogP contribution in [0.2, 0.25) is 0 Å². The molecular formula is C22H23F2N3O4. The summed E-state index contributed by atoms with van der Waals surface area (Å²) in [6, 6.07) is 0.414. The van der Waals surface area contributed by atoms with Gasteiger partial charge in [-0.05, 0) is 24.8 Å². The zero-order chi connectivity index (χ0) is 22.1. The third kappa shape index (κ3) is 2.94. The molecule has 1 aromatic carbocycles. The Hall–Kier alpha value is -2.94. The number of hydrogen-bond acceptors (Lipinski definition) is 5. The van der Waals surface area contributed by atoms with E-state index in [-0.39, 0.29) is 34.7 Å². The number of rotatable bonds is 4. The number of carboxylic acids is 1. The molecule has 1 saturated heterocycles. The van der Waals surface area contributed by atoms with Crippen molar-refractivity contribution in [3.8, 4) is 5.75 Å². The maximum atomic E-state index is 15.4. The first-order chi connectivity index (χ1) is 14.7. The van der Waals surface area contributed by atoms with Gasteiger partial charge in [-0.3, -0.25) is 4.79 Å². The third-order valence-electron chi connectivity index (χ3n) is 6.81. The predicted octanol–water partition coefficient (Wildman–Crippen LogP) is 2.61. The quantitative estimate of drug-likeness (QED) is 0.723. The summed E-state index contributed by atoms with van der Waals surface area (Å²) in [6.07, 6.45) is 5.75. The molecule has 1 saturated carbocycles. The SMILES string of the molecule is COc1c(N2C[C@@H]3CC=CC[C@@]3(N)C2)c(F)cc2c(=O)c(C(=O)O)cn([C@@H]3C[C@@H]3F)c12. The van der Waals surface area contributed by atoms with Gasteiger partial charge >= 0.3 is 5.97 Å². The van der Waals surface area contributed by atoms with Crippen LogP contribution in [0.4, 0.5) is 14.5 Å². The second-order valence-corrected chi connectivity index (χ2v) is 8.76. The van der Waals surface area contributed by atoms with Crippen molar-refractivity contribution in [2.75, 3.05) is 25.1 Å². The normalized spacial score (nSPS) is 29.3. The van der Waals surface area contributed by atoms with Crippen molar-refractivity contribution >= 4 is 22.6 Å². The Balaban J connectivity index is 1.74. The Kier molecular flexibility index (Phi) is 4.37. The number of aromatic nitrogens is 1. The van der Waals surface area contributed by atoms with Gasteiger partial charge in [-0.15, -0.1) is 0 Å². The van der Waals surface area contributed by atoms with Crippen LogP contribution in [0.25, 0.3) is 10.9 Å². The molecule has 0 unspecified atom stereocenters. The minimum absolute atomic E-state index is 0.0957. The molecular weight excluding hydrogens is 408 g/mol. The van der Waals surface area contributed by atoms with E-state index in [1.54, 1.807) is 0 Å². The van der Waals surface area contributed by atoms with Crippen LogP contribution in [-0.4, -0.2) is 47.6 Å². The summed E-state index contributed by atoms with van der Waals surface area (Å²) in [5.74, 6) is -1.90. The maximum absolute atomic E-state index is 15.4. The van der Waals surface area contributed by atoms with Crippen LogP contribution in [-0.2, 0) is 0 Å². The number of anilines is 1. The standard InChI is InChI=1S/C22H23F2N3O4/c1-31-20-17-12(19(28)13(21(29)30)9-27(17)16-7-14(16)23)6-15(24)18(20)26-8-11-4-2-3-5-22(11,25)10-26/h2-3,6,9,11,14,16H,4-5,7-8,10,25H2,1H3,(H,29,30)/t11-,14-,16+,22+/m0/s1. The van der Waals surface area contributed by atoms with Crippen LogP contribution in [0.5, 0.6) is 5.75 Å². The lowest BCUT2D eigenvalue weighted by atomic mass is 9.79. The number of pyridine rings is 1. The number of halogens is 2. The number of allylic oxidation sites excluding steroid dienone is 1. The van der Waals surface area contributed by atoms with Crippen molar-refractivity contribution in [2.45, 2.75) is 37.0 Å². The Morgan fingerprint density at radius 2 is 2.13 bits per heavy atom. The second kappa shape index (κ2) is 6.78. The fraction of sp³-hybridized carbons (Fsp3) is 0.455. The molecule has 3 aliphatic rings. The number of nitrogens with two attached hydrogens (primary N) is 1. The van der Waals surface area contributed by atoms with Crippen LogP contribution in [0.3, 0.4) is 0 Å². The lowest BCUT2D eigenvalue weighted by Gasteiger charge is -2.31. The molecule has 0 amide bonds. The molecule has 1 aromatic heterocycles. The Morgan fingerprint density at radius 1 is 1.39 bits per heavy atom. The smallest absolute Gasteiger partial charge is 0.341 e. The minimum atomic E-state index is -1.44. The summed E-state index contributed by atoms with van der Waals surface area (Å²) in [5, 5.41) is 9.29. The van der Waals surface area contributed by atoms with Gasteiger partial charge in [0.1, 0.15) is 17.4 Å². The number of hydrogen-bond donors (Lipinski definition) is 2. The van der Waals surface area contributed by atoms with Gasteiger partial charge in [0, 0.05) is 31.2 Å². The molecule has 0 radical (unpaired) electrons. The van der Waals surface area contributed by atoms with Crippen molar-refractivity contribution in [3.63, 3.8) is 0 Å². The average Bonchev–Trinajstić information content (AvgIpc) is 3.33. The fourth-order valence-corrected chi connectivity index (χ4v) is 5.06. The zero-order valence-electron chi connectivity index (χ0n) is 17.0.